The second kappa shape index (κ2) is 57.9. The summed E-state index contributed by atoms with van der Waals surface area (Å²) in [6, 6.07) is 34.5. The van der Waals surface area contributed by atoms with Gasteiger partial charge < -0.3 is 111 Å². The summed E-state index contributed by atoms with van der Waals surface area (Å²) in [5, 5.41) is 22.8. The van der Waals surface area contributed by atoms with Crippen LogP contribution in [0.3, 0.4) is 0 Å². The van der Waals surface area contributed by atoms with E-state index in [1.165, 1.54) is 40.8 Å². The van der Waals surface area contributed by atoms with Crippen molar-refractivity contribution >= 4 is 175 Å². The van der Waals surface area contributed by atoms with Gasteiger partial charge in [-0.25, -0.2) is 4.79 Å². The number of nitrogens with zero attached hydrogens (tertiary/aromatic N) is 12. The number of anilines is 6. The summed E-state index contributed by atoms with van der Waals surface area (Å²) in [4.78, 5) is 77.5. The number of nitrogens with one attached hydrogen (secondary N) is 3. The van der Waals surface area contributed by atoms with E-state index < -0.39 is 11.0 Å². The number of fused-ring (bicyclic) bond motifs is 5. The number of carbonyl (C=O) groups excluding carboxylic acids is 3. The number of methoxy groups -OCH3 is 5. The van der Waals surface area contributed by atoms with Gasteiger partial charge in [0.05, 0.1) is 127 Å². The Morgan fingerprint density at radius 2 is 1.09 bits per heavy atom. The van der Waals surface area contributed by atoms with E-state index in [1.54, 1.807) is 89.7 Å². The smallest absolute Gasteiger partial charge is 1.00 e. The van der Waals surface area contributed by atoms with Crippen molar-refractivity contribution in [3.05, 3.63) is 190 Å². The maximum atomic E-state index is 12.4. The molecular weight excluding hydrogens is 2110 g/mol. The molecule has 10 heterocycles. The van der Waals surface area contributed by atoms with E-state index in [1.807, 2.05) is 88.0 Å². The fourth-order valence-electron chi connectivity index (χ4n) is 15.9. The third-order valence-corrected chi connectivity index (χ3v) is 26.0. The first-order chi connectivity index (χ1) is 66.6. The van der Waals surface area contributed by atoms with Crippen molar-refractivity contribution in [3.8, 4) is 52.6 Å². The normalized spacial score (nSPS) is 15.2. The molecule has 2 atom stereocenters. The average molecular weight is 2250 g/mol. The number of aromatic amines is 2. The summed E-state index contributed by atoms with van der Waals surface area (Å²) in [7, 11) is 8.15. The molecule has 7 aliphatic rings. The van der Waals surface area contributed by atoms with Crippen LogP contribution < -0.4 is 99.9 Å². The zero-order valence-electron chi connectivity index (χ0n) is 84.0. The van der Waals surface area contributed by atoms with Crippen molar-refractivity contribution < 1.29 is 97.8 Å². The van der Waals surface area contributed by atoms with E-state index in [4.69, 9.17) is 113 Å². The van der Waals surface area contributed by atoms with Crippen LogP contribution in [0.5, 0.6) is 46.5 Å². The largest absolute Gasteiger partial charge is 1.00 e. The number of aryl methyl sites for hydroxylation is 2. The first-order valence-electron chi connectivity index (χ1n) is 46.1. The van der Waals surface area contributed by atoms with Crippen LogP contribution in [0.1, 0.15) is 111 Å². The fourth-order valence-corrected chi connectivity index (χ4v) is 17.9. The number of phenolic OH excluding ortho intramolecular Hbond substituents is 1. The van der Waals surface area contributed by atoms with Gasteiger partial charge in [0.1, 0.15) is 57.1 Å². The Bertz CT molecular complexity index is 5840. The van der Waals surface area contributed by atoms with Crippen molar-refractivity contribution in [2.24, 2.45) is 0 Å². The number of rotatable bonds is 21. The predicted molar refractivity (Wildman–Crippen MR) is 573 cm³/mol. The van der Waals surface area contributed by atoms with Crippen LogP contribution >= 0.6 is 86.9 Å². The molecule has 0 spiro atoms. The van der Waals surface area contributed by atoms with E-state index >= 15 is 0 Å². The second-order valence-electron chi connectivity index (χ2n) is 34.6. The molecule has 2 amide bonds. The van der Waals surface area contributed by atoms with Crippen molar-refractivity contribution in [2.45, 2.75) is 117 Å². The number of benzene rings is 6. The van der Waals surface area contributed by atoms with Gasteiger partial charge in [-0.2, -0.15) is 25.2 Å². The minimum absolute atomic E-state index is 0. The minimum Gasteiger partial charge on any atom is -1.00 e. The van der Waals surface area contributed by atoms with Gasteiger partial charge in [0.15, 0.2) is 5.78 Å². The first-order valence-corrected chi connectivity index (χ1v) is 50.2. The Morgan fingerprint density at radius 3 is 1.62 bits per heavy atom. The first kappa shape index (κ1) is 117. The van der Waals surface area contributed by atoms with Crippen molar-refractivity contribution in [1.29, 1.82) is 5.26 Å². The van der Waals surface area contributed by atoms with Crippen LogP contribution in [-0.4, -0.2) is 277 Å². The summed E-state index contributed by atoms with van der Waals surface area (Å²) in [6.07, 6.45) is 7.88. The number of hydrogen-bond donors (Lipinski definition) is 7. The topological polar surface area (TPSA) is 383 Å². The number of piperazine rings is 2. The molecule has 141 heavy (non-hydrogen) atoms. The predicted octanol–water partition coefficient (Wildman–Crippen LogP) is 14.5. The Labute approximate surface area is 896 Å². The van der Waals surface area contributed by atoms with Crippen LogP contribution in [-0.2, 0) is 51.4 Å². The molecular formula is C101H131BBr4Cl2N18NaO14. The quantitative estimate of drug-likeness (QED) is 0.00877. The maximum absolute atomic E-state index is 12.4. The second-order valence-corrected chi connectivity index (χ2v) is 39.3. The Kier molecular flexibility index (Phi) is 47.9. The van der Waals surface area contributed by atoms with Gasteiger partial charge in [-0.15, -0.1) is 23.2 Å². The van der Waals surface area contributed by atoms with E-state index in [-0.39, 0.29) is 68.3 Å². The molecule has 3 radical (unpaired) electrons. The van der Waals surface area contributed by atoms with Gasteiger partial charge in [-0.05, 0) is 256 Å². The van der Waals surface area contributed by atoms with Crippen molar-refractivity contribution in [1.82, 2.24) is 54.8 Å². The molecule has 2 unspecified atom stereocenters. The number of nitrogens with two attached hydrogens (primary N) is 3. The van der Waals surface area contributed by atoms with E-state index in [0.717, 1.165) is 227 Å². The summed E-state index contributed by atoms with van der Waals surface area (Å²) in [5.41, 5.74) is 32.1. The van der Waals surface area contributed by atoms with Crippen molar-refractivity contribution in [2.75, 3.05) is 212 Å². The summed E-state index contributed by atoms with van der Waals surface area (Å²) < 4.78 is 57.5. The van der Waals surface area contributed by atoms with Gasteiger partial charge in [0.2, 0.25) is 5.91 Å². The van der Waals surface area contributed by atoms with Gasteiger partial charge in [0, 0.05) is 187 Å². The van der Waals surface area contributed by atoms with Crippen LogP contribution in [0.4, 0.5) is 39.2 Å². The number of ether oxygens (including phenoxy) is 10. The van der Waals surface area contributed by atoms with Crippen LogP contribution in [0, 0.1) is 25.2 Å². The SMILES string of the molecule is C=CC(=O)N1CCN(c2nc(OCCCN3CCOCC3)nc3c2CCN(c2cc(O)cc4cc(C)[nH]c24)C3)CC1.CC(C)(C)OC(=O)N1CCN(c2nc(OCCCN3CCOCC3)nc3c2CCNC3)CC1.CC(Cl)C#N.COc1cc(Br)c(N)c(C(=O)C(C)Cl)c1.COc1cc(Br)c2[nH]c(C)cc2c1.COc1cc(Br)c2c(c1)C=C(C)C2.COc1ccc(N)c(Br)c1.COc1ccc(N)cc1.[B].[H-].[Na+]. The number of halogens is 6. The van der Waals surface area contributed by atoms with Crippen LogP contribution in [0.2, 0.25) is 0 Å². The number of aromatic nitrogens is 6. The number of morpholine rings is 2. The average Bonchev–Trinajstić information content (AvgIpc) is 1.30. The minimum atomic E-state index is -0.605. The number of nitriles is 1. The monoisotopic (exact) mass is 2240 g/mol. The number of carbonyl (C=O) groups is 3. The molecule has 10 aromatic rings. The van der Waals surface area contributed by atoms with Gasteiger partial charge in [-0.1, -0.05) is 34.2 Å². The maximum Gasteiger partial charge on any atom is 1.00 e. The Morgan fingerprint density at radius 1 is 0.596 bits per heavy atom. The summed E-state index contributed by atoms with van der Waals surface area (Å²) in [6.45, 7) is 37.2. The number of phenols is 1. The zero-order chi connectivity index (χ0) is 101. The number of allylic oxidation sites excluding steroid dienone is 1. The van der Waals surface area contributed by atoms with E-state index in [9.17, 15) is 19.5 Å². The number of ketones is 1. The molecule has 6 aromatic carbocycles. The number of amides is 2. The van der Waals surface area contributed by atoms with Crippen LogP contribution in [0.25, 0.3) is 27.9 Å². The molecule has 4 saturated heterocycles. The van der Waals surface area contributed by atoms with Gasteiger partial charge >= 0.3 is 47.7 Å². The third-order valence-electron chi connectivity index (χ3n) is 23.1. The number of nitrogen functional groups attached to an aromatic ring is 3. The molecule has 17 rings (SSSR count). The molecule has 10 N–H and O–H groups in total. The fraction of sp³-hybridized carbons (Fsp3) is 0.446. The third kappa shape index (κ3) is 35.5. The number of hydrogen-bond acceptors (Lipinski definition) is 28. The standard InChI is InChI=1S/C30H39N7O4.C23H38N6O4.C11H11BrO.C10H11BrClNO2.C10H10BrNO.C7H8BrNO.C7H9NO.C3H4ClN.B.Na.H/c1-3-27(39)35-8-10-36(11-9-35)29-24-5-7-37(26-19-23(38)18-22-17-21(2)31-28(22)26)20-25(24)32-30(33-29)41-14-4-6-34-12-15-40-16-13-34;1-23(2,3)33-22(30)29-10-8-28(9-11-29)20-18-5-6-24-17-19(18)25-21(26-20)32-14-4-7-27-12-15-31-16-13-27;1-7-3-8-5-9(13-2)6-11(12)10(8)4-7;1-5(12)10(14)7-3-6(15-2)4-8(11)9(7)13;1-6-3-7-4-8(13-2)5-9(11)10(7)12-6;1-10-5-2-3-7(9)6(8)4-5;1-9-7-4-2-6(8)3-5-7;1-3(4)2-5;;;/h3,17-19,31,38H,1,4-16,20H2,2H3;24H,4-17H2,1-3H3;3,5-6H,4H2,1-2H3;3-5H,13H2,1-2H3;3-5,12H,1-2H3;2-4H,9H2,1H3;2-5H,8H2,1H3;3H,1H3;;;/q;;;;;;;;;+1;-1. The number of alkyl halides is 2. The molecule has 1 aliphatic carbocycles. The molecule has 32 nitrogen and oxygen atoms in total. The molecule has 6 aliphatic heterocycles. The van der Waals surface area contributed by atoms with Crippen LogP contribution in [0.15, 0.2) is 139 Å². The summed E-state index contributed by atoms with van der Waals surface area (Å²) in [5.74, 6) is 5.85. The summed E-state index contributed by atoms with van der Waals surface area (Å²) >= 11 is 24.4. The molecule has 4 aromatic heterocycles. The molecule has 0 saturated carbocycles. The Hall–Kier alpha value is -9.50. The molecule has 755 valence electrons. The Balaban J connectivity index is 0.000000239. The molecule has 0 bridgehead atoms. The van der Waals surface area contributed by atoms with Crippen molar-refractivity contribution in [3.63, 3.8) is 0 Å². The molecule has 40 heteroatoms. The number of aromatic hydroxyl groups is 1. The number of H-pyrrole nitrogens is 2. The zero-order valence-corrected chi connectivity index (χ0v) is 92.9. The molecule has 4 fully saturated rings. The van der Waals surface area contributed by atoms with E-state index in [2.05, 4.69) is 141 Å². The van der Waals surface area contributed by atoms with E-state index in [0.29, 0.717) is 106 Å². The van der Waals surface area contributed by atoms with Gasteiger partial charge in [-0.3, -0.25) is 19.4 Å². The van der Waals surface area contributed by atoms with Gasteiger partial charge in [0.25, 0.3) is 0 Å². The number of Topliss-reactive ketones (excluding diaryl/α,β-unsaturated/α-hetero) is 1.